The molecular weight excluding hydrogens is 214 g/mol. The first-order chi connectivity index (χ1) is 7.13. The molecule has 1 rings (SSSR count). The highest BCUT2D eigenvalue weighted by atomic mass is 32.2. The summed E-state index contributed by atoms with van der Waals surface area (Å²) in [5.74, 6) is -0.372. The SMILES string of the molecule is CCOC(=O)c1cccc(NS(C)=O)c1. The van der Waals surface area contributed by atoms with Crippen molar-refractivity contribution >= 4 is 22.6 Å². The Labute approximate surface area is 91.2 Å². The van der Waals surface area contributed by atoms with E-state index in [0.29, 0.717) is 17.9 Å². The quantitative estimate of drug-likeness (QED) is 0.794. The van der Waals surface area contributed by atoms with Crippen LogP contribution in [0.5, 0.6) is 0 Å². The molecule has 1 atom stereocenters. The molecule has 0 aromatic heterocycles. The fraction of sp³-hybridized carbons (Fsp3) is 0.300. The zero-order chi connectivity index (χ0) is 11.3. The fourth-order valence-corrected chi connectivity index (χ4v) is 1.55. The average molecular weight is 227 g/mol. The minimum absolute atomic E-state index is 0.343. The van der Waals surface area contributed by atoms with Crippen molar-refractivity contribution in [2.24, 2.45) is 0 Å². The number of benzene rings is 1. The van der Waals surface area contributed by atoms with E-state index < -0.39 is 11.0 Å². The minimum Gasteiger partial charge on any atom is -0.462 e. The Bertz CT molecular complexity index is 379. The van der Waals surface area contributed by atoms with E-state index >= 15 is 0 Å². The third kappa shape index (κ3) is 3.71. The van der Waals surface area contributed by atoms with E-state index in [2.05, 4.69) is 4.72 Å². The molecule has 5 heteroatoms. The van der Waals surface area contributed by atoms with Crippen molar-refractivity contribution in [2.45, 2.75) is 6.92 Å². The topological polar surface area (TPSA) is 55.4 Å². The van der Waals surface area contributed by atoms with Crippen LogP contribution in [0.1, 0.15) is 17.3 Å². The maximum absolute atomic E-state index is 11.4. The van der Waals surface area contributed by atoms with Gasteiger partial charge in [-0.2, -0.15) is 0 Å². The van der Waals surface area contributed by atoms with E-state index in [1.165, 1.54) is 6.26 Å². The molecule has 0 aliphatic carbocycles. The number of ether oxygens (including phenoxy) is 1. The molecule has 0 fully saturated rings. The zero-order valence-corrected chi connectivity index (χ0v) is 9.47. The second kappa shape index (κ2) is 5.50. The lowest BCUT2D eigenvalue weighted by molar-refractivity contribution is 0.0526. The van der Waals surface area contributed by atoms with Crippen molar-refractivity contribution in [1.82, 2.24) is 0 Å². The van der Waals surface area contributed by atoms with Crippen molar-refractivity contribution in [1.29, 1.82) is 0 Å². The van der Waals surface area contributed by atoms with Crippen LogP contribution in [0.4, 0.5) is 5.69 Å². The normalized spacial score (nSPS) is 11.9. The van der Waals surface area contributed by atoms with E-state index in [1.807, 2.05) is 0 Å². The summed E-state index contributed by atoms with van der Waals surface area (Å²) in [5.41, 5.74) is 1.09. The van der Waals surface area contributed by atoms with Crippen LogP contribution >= 0.6 is 0 Å². The number of nitrogens with one attached hydrogen (secondary N) is 1. The summed E-state index contributed by atoms with van der Waals surface area (Å²) in [5, 5.41) is 0. The van der Waals surface area contributed by atoms with Gasteiger partial charge in [-0.3, -0.25) is 0 Å². The maximum Gasteiger partial charge on any atom is 0.338 e. The van der Waals surface area contributed by atoms with E-state index in [9.17, 15) is 9.00 Å². The number of hydrogen-bond donors (Lipinski definition) is 1. The molecule has 1 aromatic rings. The third-order valence-corrected chi connectivity index (χ3v) is 2.16. The van der Waals surface area contributed by atoms with Gasteiger partial charge in [0.25, 0.3) is 0 Å². The molecule has 0 saturated carbocycles. The molecule has 0 saturated heterocycles. The predicted octanol–water partition coefficient (Wildman–Crippen LogP) is 1.57. The highest BCUT2D eigenvalue weighted by molar-refractivity contribution is 7.85. The first-order valence-corrected chi connectivity index (χ1v) is 6.06. The number of hydrogen-bond acceptors (Lipinski definition) is 3. The Morgan fingerprint density at radius 1 is 1.53 bits per heavy atom. The lowest BCUT2D eigenvalue weighted by atomic mass is 10.2. The van der Waals surface area contributed by atoms with Gasteiger partial charge in [0.15, 0.2) is 0 Å². The number of anilines is 1. The van der Waals surface area contributed by atoms with Crippen LogP contribution in [0.25, 0.3) is 0 Å². The molecule has 1 N–H and O–H groups in total. The molecule has 1 unspecified atom stereocenters. The van der Waals surface area contributed by atoms with Crippen molar-refractivity contribution in [3.05, 3.63) is 29.8 Å². The first-order valence-electron chi connectivity index (χ1n) is 4.50. The van der Waals surface area contributed by atoms with Crippen LogP contribution in [0.3, 0.4) is 0 Å². The largest absolute Gasteiger partial charge is 0.462 e. The number of carbonyl (C=O) groups excluding carboxylic acids is 1. The van der Waals surface area contributed by atoms with Crippen LogP contribution in [-0.4, -0.2) is 23.0 Å². The smallest absolute Gasteiger partial charge is 0.338 e. The summed E-state index contributed by atoms with van der Waals surface area (Å²) in [6.07, 6.45) is 1.52. The molecule has 0 aliphatic rings. The monoisotopic (exact) mass is 227 g/mol. The maximum atomic E-state index is 11.4. The lowest BCUT2D eigenvalue weighted by Crippen LogP contribution is -2.06. The van der Waals surface area contributed by atoms with Gasteiger partial charge in [0, 0.05) is 11.9 Å². The molecule has 4 nitrogen and oxygen atoms in total. The Balaban J connectivity index is 2.82. The van der Waals surface area contributed by atoms with Gasteiger partial charge in [-0.05, 0) is 25.1 Å². The highest BCUT2D eigenvalue weighted by Crippen LogP contribution is 2.11. The molecule has 0 radical (unpaired) electrons. The summed E-state index contributed by atoms with van der Waals surface area (Å²) in [6, 6.07) is 6.71. The summed E-state index contributed by atoms with van der Waals surface area (Å²) < 4.78 is 18.5. The average Bonchev–Trinajstić information content (AvgIpc) is 2.17. The molecule has 0 spiro atoms. The lowest BCUT2D eigenvalue weighted by Gasteiger charge is -2.05. The zero-order valence-electron chi connectivity index (χ0n) is 8.65. The molecule has 1 aromatic carbocycles. The third-order valence-electron chi connectivity index (χ3n) is 1.64. The van der Waals surface area contributed by atoms with Gasteiger partial charge in [-0.1, -0.05) is 6.07 Å². The minimum atomic E-state index is -1.14. The number of carbonyl (C=O) groups is 1. The number of rotatable bonds is 4. The van der Waals surface area contributed by atoms with E-state index in [0.717, 1.165) is 0 Å². The van der Waals surface area contributed by atoms with Gasteiger partial charge in [-0.15, -0.1) is 0 Å². The van der Waals surface area contributed by atoms with Crippen LogP contribution in [0.15, 0.2) is 24.3 Å². The summed E-state index contributed by atoms with van der Waals surface area (Å²) >= 11 is 0. The molecule has 82 valence electrons. The van der Waals surface area contributed by atoms with Gasteiger partial charge >= 0.3 is 5.97 Å². The highest BCUT2D eigenvalue weighted by Gasteiger charge is 2.06. The molecule has 15 heavy (non-hydrogen) atoms. The molecule has 0 aliphatic heterocycles. The fourth-order valence-electron chi connectivity index (χ4n) is 1.09. The first kappa shape index (κ1) is 11.7. The van der Waals surface area contributed by atoms with Crippen LogP contribution in [0.2, 0.25) is 0 Å². The van der Waals surface area contributed by atoms with Gasteiger partial charge < -0.3 is 9.46 Å². The molecule has 0 heterocycles. The van der Waals surface area contributed by atoms with Crippen LogP contribution in [-0.2, 0) is 15.7 Å². The summed E-state index contributed by atoms with van der Waals surface area (Å²) in [6.45, 7) is 2.09. The van der Waals surface area contributed by atoms with Crippen molar-refractivity contribution < 1.29 is 13.7 Å². The Morgan fingerprint density at radius 2 is 2.27 bits per heavy atom. The van der Waals surface area contributed by atoms with E-state index in [-0.39, 0.29) is 5.97 Å². The molecular formula is C10H13NO3S. The summed E-state index contributed by atoms with van der Waals surface area (Å²) in [4.78, 5) is 11.4. The van der Waals surface area contributed by atoms with E-state index in [4.69, 9.17) is 4.74 Å². The standard InChI is InChI=1S/C10H13NO3S/c1-3-14-10(12)8-5-4-6-9(7-8)11-15(2)13/h4-7,11H,3H2,1-2H3. The predicted molar refractivity (Wildman–Crippen MR) is 60.1 cm³/mol. The van der Waals surface area contributed by atoms with Gasteiger partial charge in [0.2, 0.25) is 0 Å². The Morgan fingerprint density at radius 3 is 2.87 bits per heavy atom. The Kier molecular flexibility index (Phi) is 4.30. The Hall–Kier alpha value is -1.36. The second-order valence-electron chi connectivity index (χ2n) is 2.86. The number of esters is 1. The van der Waals surface area contributed by atoms with Crippen LogP contribution < -0.4 is 4.72 Å². The summed E-state index contributed by atoms with van der Waals surface area (Å²) in [7, 11) is -1.14. The second-order valence-corrected chi connectivity index (χ2v) is 3.97. The van der Waals surface area contributed by atoms with Gasteiger partial charge in [-0.25, -0.2) is 9.00 Å². The van der Waals surface area contributed by atoms with Gasteiger partial charge in [0.1, 0.15) is 11.0 Å². The van der Waals surface area contributed by atoms with E-state index in [1.54, 1.807) is 31.2 Å². The van der Waals surface area contributed by atoms with Crippen molar-refractivity contribution in [3.63, 3.8) is 0 Å². The van der Waals surface area contributed by atoms with Crippen molar-refractivity contribution in [3.8, 4) is 0 Å². The molecule has 0 bridgehead atoms. The molecule has 0 amide bonds. The van der Waals surface area contributed by atoms with Crippen molar-refractivity contribution in [2.75, 3.05) is 17.6 Å². The van der Waals surface area contributed by atoms with Gasteiger partial charge in [0.05, 0.1) is 12.2 Å². The van der Waals surface area contributed by atoms with Crippen LogP contribution in [0, 0.1) is 0 Å².